The smallest absolute Gasteiger partial charge is 0.269 e. The van der Waals surface area contributed by atoms with Crippen molar-refractivity contribution in [2.24, 2.45) is 0 Å². The fourth-order valence-electron chi connectivity index (χ4n) is 3.89. The topological polar surface area (TPSA) is 93.6 Å². The second-order valence-corrected chi connectivity index (χ2v) is 7.37. The molecular weight excluding hydrogens is 372 g/mol. The van der Waals surface area contributed by atoms with Crippen molar-refractivity contribution in [2.45, 2.75) is 25.8 Å². The van der Waals surface area contributed by atoms with Gasteiger partial charge in [-0.15, -0.1) is 0 Å². The lowest BCUT2D eigenvalue weighted by atomic mass is 10.1. The van der Waals surface area contributed by atoms with Crippen molar-refractivity contribution in [1.82, 2.24) is 14.8 Å². The number of rotatable bonds is 7. The number of carbonyl (C=O) groups is 1. The second kappa shape index (κ2) is 8.48. The third-order valence-corrected chi connectivity index (χ3v) is 5.38. The SMILES string of the molecule is O=C(NCCN1CCCCC1)c1cc2occc2n1Cc1cccc([N+](=O)[O-])c1. The summed E-state index contributed by atoms with van der Waals surface area (Å²) in [5, 5.41) is 14.1. The molecule has 1 saturated heterocycles. The molecular formula is C21H24N4O4. The highest BCUT2D eigenvalue weighted by Gasteiger charge is 2.19. The van der Waals surface area contributed by atoms with E-state index in [4.69, 9.17) is 4.42 Å². The number of nitrogens with one attached hydrogen (secondary N) is 1. The summed E-state index contributed by atoms with van der Waals surface area (Å²) in [4.78, 5) is 25.9. The standard InChI is InChI=1S/C21H24N4O4/c26-21(22-8-11-23-9-2-1-3-10-23)19-14-20-18(7-12-29-20)24(19)15-16-5-4-6-17(13-16)25(27)28/h4-7,12-14H,1-3,8-11,15H2,(H,22,26). The zero-order chi connectivity index (χ0) is 20.2. The summed E-state index contributed by atoms with van der Waals surface area (Å²) in [6, 6.07) is 9.99. The molecule has 3 heterocycles. The van der Waals surface area contributed by atoms with E-state index in [1.807, 2.05) is 10.6 Å². The molecule has 0 atom stereocenters. The number of hydrogen-bond donors (Lipinski definition) is 1. The van der Waals surface area contributed by atoms with Crippen LogP contribution in [0.2, 0.25) is 0 Å². The van der Waals surface area contributed by atoms with Crippen molar-refractivity contribution in [3.8, 4) is 0 Å². The van der Waals surface area contributed by atoms with Gasteiger partial charge in [-0.25, -0.2) is 0 Å². The van der Waals surface area contributed by atoms with Gasteiger partial charge in [-0.05, 0) is 31.5 Å². The summed E-state index contributed by atoms with van der Waals surface area (Å²) in [5.41, 5.74) is 2.68. The van der Waals surface area contributed by atoms with E-state index in [1.165, 1.54) is 31.4 Å². The molecule has 4 rings (SSSR count). The van der Waals surface area contributed by atoms with E-state index in [-0.39, 0.29) is 11.6 Å². The number of nitro groups is 1. The van der Waals surface area contributed by atoms with Crippen molar-refractivity contribution in [3.63, 3.8) is 0 Å². The fourth-order valence-corrected chi connectivity index (χ4v) is 3.89. The summed E-state index contributed by atoms with van der Waals surface area (Å²) in [7, 11) is 0. The quantitative estimate of drug-likeness (QED) is 0.488. The van der Waals surface area contributed by atoms with E-state index in [0.29, 0.717) is 24.4 Å². The van der Waals surface area contributed by atoms with Gasteiger partial charge in [-0.2, -0.15) is 0 Å². The first-order valence-corrected chi connectivity index (χ1v) is 9.92. The molecule has 2 aromatic heterocycles. The Morgan fingerprint density at radius 1 is 1.17 bits per heavy atom. The molecule has 0 spiro atoms. The monoisotopic (exact) mass is 396 g/mol. The number of hydrogen-bond acceptors (Lipinski definition) is 5. The molecule has 0 saturated carbocycles. The van der Waals surface area contributed by atoms with Crippen molar-refractivity contribution >= 4 is 22.7 Å². The number of furan rings is 1. The summed E-state index contributed by atoms with van der Waals surface area (Å²) in [5.74, 6) is -0.168. The van der Waals surface area contributed by atoms with E-state index < -0.39 is 4.92 Å². The predicted molar refractivity (Wildman–Crippen MR) is 109 cm³/mol. The van der Waals surface area contributed by atoms with E-state index in [1.54, 1.807) is 24.5 Å². The first kappa shape index (κ1) is 19.2. The van der Waals surface area contributed by atoms with Crippen LogP contribution >= 0.6 is 0 Å². The van der Waals surface area contributed by atoms with Crippen LogP contribution in [0.25, 0.3) is 11.1 Å². The number of benzene rings is 1. The third kappa shape index (κ3) is 4.32. The number of fused-ring (bicyclic) bond motifs is 1. The molecule has 1 amide bonds. The Kier molecular flexibility index (Phi) is 5.62. The van der Waals surface area contributed by atoms with Crippen LogP contribution in [0.3, 0.4) is 0 Å². The number of carbonyl (C=O) groups excluding carboxylic acids is 1. The maximum absolute atomic E-state index is 12.8. The molecule has 152 valence electrons. The highest BCUT2D eigenvalue weighted by Crippen LogP contribution is 2.23. The Morgan fingerprint density at radius 2 is 2.00 bits per heavy atom. The van der Waals surface area contributed by atoms with Gasteiger partial charge in [0.15, 0.2) is 5.58 Å². The highest BCUT2D eigenvalue weighted by molar-refractivity contribution is 5.97. The Labute approximate surface area is 168 Å². The van der Waals surface area contributed by atoms with Gasteiger partial charge >= 0.3 is 0 Å². The minimum atomic E-state index is -0.416. The average molecular weight is 396 g/mol. The summed E-state index contributed by atoms with van der Waals surface area (Å²) < 4.78 is 7.31. The van der Waals surface area contributed by atoms with Crippen LogP contribution in [0, 0.1) is 10.1 Å². The molecule has 3 aromatic rings. The van der Waals surface area contributed by atoms with Gasteiger partial charge in [0.1, 0.15) is 5.69 Å². The molecule has 29 heavy (non-hydrogen) atoms. The molecule has 0 radical (unpaired) electrons. The van der Waals surface area contributed by atoms with Crippen LogP contribution in [-0.4, -0.2) is 46.5 Å². The fraction of sp³-hybridized carbons (Fsp3) is 0.381. The molecule has 1 N–H and O–H groups in total. The lowest BCUT2D eigenvalue weighted by molar-refractivity contribution is -0.384. The number of amides is 1. The number of nitro benzene ring substituents is 1. The van der Waals surface area contributed by atoms with Gasteiger partial charge < -0.3 is 19.2 Å². The van der Waals surface area contributed by atoms with Gasteiger partial charge in [0.05, 0.1) is 16.7 Å². The third-order valence-electron chi connectivity index (χ3n) is 5.38. The average Bonchev–Trinajstić information content (AvgIpc) is 3.32. The number of aromatic nitrogens is 1. The summed E-state index contributed by atoms with van der Waals surface area (Å²) >= 11 is 0. The Morgan fingerprint density at radius 3 is 2.79 bits per heavy atom. The van der Waals surface area contributed by atoms with Gasteiger partial charge in [-0.1, -0.05) is 18.6 Å². The molecule has 0 bridgehead atoms. The Hall–Kier alpha value is -3.13. The van der Waals surface area contributed by atoms with Gasteiger partial charge in [0, 0.05) is 43.9 Å². The van der Waals surface area contributed by atoms with Gasteiger partial charge in [0.25, 0.3) is 11.6 Å². The minimum absolute atomic E-state index is 0.0330. The number of non-ortho nitro benzene ring substituents is 1. The Balaban J connectivity index is 1.50. The van der Waals surface area contributed by atoms with Crippen molar-refractivity contribution < 1.29 is 14.1 Å². The second-order valence-electron chi connectivity index (χ2n) is 7.37. The lowest BCUT2D eigenvalue weighted by Crippen LogP contribution is -2.38. The first-order valence-electron chi connectivity index (χ1n) is 9.92. The number of likely N-dealkylation sites (tertiary alicyclic amines) is 1. The summed E-state index contributed by atoms with van der Waals surface area (Å²) in [6.07, 6.45) is 5.30. The Bertz CT molecular complexity index is 1020. The van der Waals surface area contributed by atoms with Crippen LogP contribution in [0.15, 0.2) is 47.1 Å². The molecule has 1 aromatic carbocycles. The minimum Gasteiger partial charge on any atom is -0.463 e. The lowest BCUT2D eigenvalue weighted by Gasteiger charge is -2.26. The first-order chi connectivity index (χ1) is 14.1. The van der Waals surface area contributed by atoms with E-state index in [2.05, 4.69) is 10.2 Å². The van der Waals surface area contributed by atoms with Crippen LogP contribution in [0.5, 0.6) is 0 Å². The van der Waals surface area contributed by atoms with Crippen LogP contribution < -0.4 is 5.32 Å². The van der Waals surface area contributed by atoms with Gasteiger partial charge in [-0.3, -0.25) is 14.9 Å². The van der Waals surface area contributed by atoms with Crippen molar-refractivity contribution in [3.05, 3.63) is 64.0 Å². The maximum Gasteiger partial charge on any atom is 0.269 e. The summed E-state index contributed by atoms with van der Waals surface area (Å²) in [6.45, 7) is 3.95. The largest absolute Gasteiger partial charge is 0.463 e. The predicted octanol–water partition coefficient (Wildman–Crippen LogP) is 3.41. The van der Waals surface area contributed by atoms with E-state index in [0.717, 1.165) is 30.7 Å². The highest BCUT2D eigenvalue weighted by atomic mass is 16.6. The van der Waals surface area contributed by atoms with Gasteiger partial charge in [0.2, 0.25) is 0 Å². The maximum atomic E-state index is 12.8. The van der Waals surface area contributed by atoms with Crippen LogP contribution in [0.1, 0.15) is 35.3 Å². The van der Waals surface area contributed by atoms with Crippen LogP contribution in [0.4, 0.5) is 5.69 Å². The molecule has 0 aliphatic carbocycles. The molecule has 1 fully saturated rings. The van der Waals surface area contributed by atoms with E-state index in [9.17, 15) is 14.9 Å². The number of nitrogens with zero attached hydrogens (tertiary/aromatic N) is 3. The molecule has 8 heteroatoms. The van der Waals surface area contributed by atoms with Crippen LogP contribution in [-0.2, 0) is 6.54 Å². The zero-order valence-electron chi connectivity index (χ0n) is 16.2. The number of piperidine rings is 1. The molecule has 0 unspecified atom stereocenters. The van der Waals surface area contributed by atoms with Crippen molar-refractivity contribution in [1.29, 1.82) is 0 Å². The zero-order valence-corrected chi connectivity index (χ0v) is 16.2. The molecule has 1 aliphatic rings. The van der Waals surface area contributed by atoms with E-state index >= 15 is 0 Å². The van der Waals surface area contributed by atoms with Crippen molar-refractivity contribution in [2.75, 3.05) is 26.2 Å². The molecule has 1 aliphatic heterocycles. The normalized spacial score (nSPS) is 14.9. The molecule has 8 nitrogen and oxygen atoms in total.